The van der Waals surface area contributed by atoms with Crippen molar-refractivity contribution in [3.05, 3.63) is 117 Å². The Morgan fingerprint density at radius 2 is 1.32 bits per heavy atom. The number of azo groups is 1. The average molecular weight is 1120 g/mol. The Morgan fingerprint density at radius 1 is 0.716 bits per heavy atom. The molecule has 0 radical (unpaired) electrons. The number of anilines is 5. The molecule has 0 aliphatic carbocycles. The number of hydrogen-bond acceptors (Lipinski definition) is 21. The lowest BCUT2D eigenvalue weighted by atomic mass is 9.90. The Kier molecular flexibility index (Phi) is 16.4. The number of benzene rings is 4. The van der Waals surface area contributed by atoms with Crippen molar-refractivity contribution in [2.45, 2.75) is 84.4 Å². The predicted molar refractivity (Wildman–Crippen MR) is 278 cm³/mol. The van der Waals surface area contributed by atoms with Crippen LogP contribution in [0.2, 0.25) is 0 Å². The Balaban J connectivity index is 0.00000104. The quantitative estimate of drug-likeness (QED) is 0.0846. The van der Waals surface area contributed by atoms with Crippen molar-refractivity contribution >= 4 is 124 Å². The fourth-order valence-corrected chi connectivity index (χ4v) is 11.6. The number of pyridine rings is 1. The Bertz CT molecular complexity index is 4030. The van der Waals surface area contributed by atoms with E-state index in [4.69, 9.17) is 55.5 Å². The summed E-state index contributed by atoms with van der Waals surface area (Å²) < 4.78 is 124. The second-order valence-corrected chi connectivity index (χ2v) is 23.1. The zero-order chi connectivity index (χ0) is 54.9. The summed E-state index contributed by atoms with van der Waals surface area (Å²) in [5, 5.41) is 29.4. The molecule has 0 aliphatic rings. The molecule has 4 heterocycles. The second-order valence-electron chi connectivity index (χ2n) is 17.5. The molecule has 0 unspecified atom stereocenters. The second kappa shape index (κ2) is 21.7. The van der Waals surface area contributed by atoms with Gasteiger partial charge < -0.3 is 5.32 Å². The molecule has 0 atom stereocenters. The number of thiazole rings is 2. The molecule has 22 nitrogen and oxygen atoms in total. The molecule has 0 aliphatic heterocycles. The number of aryl methyl sites for hydroxylation is 6. The third-order valence-corrected chi connectivity index (χ3v) is 14.9. The predicted octanol–water partition coefficient (Wildman–Crippen LogP) is 9.93. The molecule has 386 valence electrons. The van der Waals surface area contributed by atoms with Gasteiger partial charge in [0.2, 0.25) is 5.13 Å². The van der Waals surface area contributed by atoms with Crippen LogP contribution in [0.25, 0.3) is 25.6 Å². The van der Waals surface area contributed by atoms with E-state index in [0.29, 0.717) is 49.1 Å². The molecule has 0 bridgehead atoms. The van der Waals surface area contributed by atoms with E-state index in [1.807, 2.05) is 84.9 Å². The molecule has 0 amide bonds. The third-order valence-electron chi connectivity index (χ3n) is 10.9. The summed E-state index contributed by atoms with van der Waals surface area (Å²) >= 11 is 2.48. The average Bonchev–Trinajstić information content (AvgIpc) is 3.99. The van der Waals surface area contributed by atoms with Crippen molar-refractivity contribution in [3.63, 3.8) is 0 Å². The van der Waals surface area contributed by atoms with Crippen LogP contribution >= 0.6 is 22.7 Å². The van der Waals surface area contributed by atoms with Crippen LogP contribution in [0.4, 0.5) is 39.6 Å². The van der Waals surface area contributed by atoms with Gasteiger partial charge in [-0.15, -0.1) is 35.5 Å². The van der Waals surface area contributed by atoms with Crippen molar-refractivity contribution in [1.82, 2.24) is 24.7 Å². The fourth-order valence-electron chi connectivity index (χ4n) is 8.14. The van der Waals surface area contributed by atoms with Crippen LogP contribution in [0.3, 0.4) is 0 Å². The van der Waals surface area contributed by atoms with Crippen molar-refractivity contribution in [3.8, 4) is 11.2 Å². The molecule has 0 spiro atoms. The molecular weight excluding hydrogens is 1080 g/mol. The van der Waals surface area contributed by atoms with E-state index in [9.17, 15) is 31.2 Å². The molecule has 74 heavy (non-hydrogen) atoms. The maximum Gasteiger partial charge on any atom is 0.425 e. The van der Waals surface area contributed by atoms with Gasteiger partial charge >= 0.3 is 21.2 Å². The van der Waals surface area contributed by atoms with Gasteiger partial charge in [-0.05, 0) is 118 Å². The Hall–Kier alpha value is -7.23. The Labute approximate surface area is 435 Å². The maximum atomic E-state index is 13.0. The van der Waals surface area contributed by atoms with Crippen LogP contribution in [-0.2, 0) is 46.9 Å². The number of nitrogens with zero attached hydrogens (tertiary/aromatic N) is 9. The van der Waals surface area contributed by atoms with Crippen molar-refractivity contribution in [2.75, 3.05) is 10.2 Å². The molecule has 8 aromatic rings. The summed E-state index contributed by atoms with van der Waals surface area (Å²) in [5.41, 5.74) is 7.29. The SMILES string of the molecule is Cc1cc(C)c(Nc2nc(N(c3nc4ccc(S(=O)(=O)O)cc4s3)c3c(C)cc(C)c(S(=O)(=O)O)c3C)cc(C)c2N=Nc2c(C#N)c(C(C)(C)C)nn2-c2nc3ccccc3s2)c(C)c1.O=S(=O)=O.O=S(=O)=O. The summed E-state index contributed by atoms with van der Waals surface area (Å²) in [6.45, 7) is 18.6. The van der Waals surface area contributed by atoms with Gasteiger partial charge in [0.05, 0.1) is 36.7 Å². The first kappa shape index (κ1) is 56.1. The third kappa shape index (κ3) is 12.4. The molecule has 0 saturated heterocycles. The molecule has 3 N–H and O–H groups in total. The zero-order valence-corrected chi connectivity index (χ0v) is 45.7. The number of para-hydroxylation sites is 1. The summed E-state index contributed by atoms with van der Waals surface area (Å²) in [7, 11) is -15.5. The normalized spacial score (nSPS) is 11.7. The van der Waals surface area contributed by atoms with E-state index >= 15 is 0 Å². The van der Waals surface area contributed by atoms with Crippen molar-refractivity contribution in [1.29, 1.82) is 5.26 Å². The molecular formula is C46H44N10O12S6. The number of nitriles is 1. The van der Waals surface area contributed by atoms with Gasteiger partial charge in [-0.1, -0.05) is 79.3 Å². The molecule has 4 aromatic heterocycles. The first-order valence-corrected chi connectivity index (χ1v) is 27.9. The van der Waals surface area contributed by atoms with Crippen LogP contribution in [-0.4, -0.2) is 75.9 Å². The van der Waals surface area contributed by atoms with Crippen molar-refractivity contribution in [2.24, 2.45) is 10.2 Å². The van der Waals surface area contributed by atoms with Gasteiger partial charge in [-0.3, -0.25) is 14.0 Å². The molecule has 8 rings (SSSR count). The largest absolute Gasteiger partial charge is 0.425 e. The van der Waals surface area contributed by atoms with Crippen LogP contribution in [0.5, 0.6) is 0 Å². The minimum Gasteiger partial charge on any atom is -0.338 e. The smallest absolute Gasteiger partial charge is 0.338 e. The highest BCUT2D eigenvalue weighted by molar-refractivity contribution is 7.86. The fraction of sp³-hybridized carbons (Fsp3) is 0.239. The minimum atomic E-state index is -4.74. The summed E-state index contributed by atoms with van der Waals surface area (Å²) in [6, 6.07) is 21.4. The first-order chi connectivity index (χ1) is 34.4. The van der Waals surface area contributed by atoms with Crippen LogP contribution in [0.1, 0.15) is 71.0 Å². The molecule has 4 aromatic carbocycles. The lowest BCUT2D eigenvalue weighted by molar-refractivity contribution is 0.480. The summed E-state index contributed by atoms with van der Waals surface area (Å²) in [5.74, 6) is 0.651. The molecule has 0 fully saturated rings. The standard InChI is InChI=1S/C46H44N10O6S4.2O3S/c1-23-17-24(2)37(25(3)18-23)51-42-38(52-53-43-31(22-47)41(46(8,9)10)54-56(43)45-49-32-13-11-12-14-34(32)63-45)26(4)20-36(50-42)55(39-27(5)19-28(6)40(29(39)7)66(60,61)62)44-48-33-16-15-30(65(57,58)59)21-35(33)64-44;2*1-4(2)3/h11-21H,1-10H3,(H,50,51)(H,57,58,59)(H,60,61,62);;. The van der Waals surface area contributed by atoms with Gasteiger partial charge in [-0.2, -0.15) is 31.9 Å². The number of rotatable bonds is 10. The Morgan fingerprint density at radius 3 is 1.89 bits per heavy atom. The van der Waals surface area contributed by atoms with E-state index in [0.717, 1.165) is 43.9 Å². The van der Waals surface area contributed by atoms with Crippen LogP contribution in [0, 0.1) is 59.8 Å². The van der Waals surface area contributed by atoms with E-state index in [1.165, 1.54) is 29.5 Å². The van der Waals surface area contributed by atoms with Gasteiger partial charge in [0.1, 0.15) is 28.0 Å². The first-order valence-electron chi connectivity index (χ1n) is 21.4. The van der Waals surface area contributed by atoms with Crippen molar-refractivity contribution < 1.29 is 51.2 Å². The van der Waals surface area contributed by atoms with E-state index < -0.39 is 46.9 Å². The van der Waals surface area contributed by atoms with E-state index in [2.05, 4.69) is 11.4 Å². The molecule has 0 saturated carbocycles. The number of fused-ring (bicyclic) bond motifs is 2. The highest BCUT2D eigenvalue weighted by Crippen LogP contribution is 2.47. The summed E-state index contributed by atoms with van der Waals surface area (Å²) in [4.78, 5) is 15.9. The van der Waals surface area contributed by atoms with Crippen LogP contribution < -0.4 is 10.2 Å². The summed E-state index contributed by atoms with van der Waals surface area (Å²) in [6.07, 6.45) is 0. The zero-order valence-electron chi connectivity index (χ0n) is 40.8. The van der Waals surface area contributed by atoms with Gasteiger partial charge in [0.25, 0.3) is 20.2 Å². The minimum absolute atomic E-state index is 0.169. The van der Waals surface area contributed by atoms with E-state index in [1.54, 1.807) is 42.5 Å². The van der Waals surface area contributed by atoms with Gasteiger partial charge in [-0.25, -0.2) is 15.0 Å². The lowest BCUT2D eigenvalue weighted by Crippen LogP contribution is -2.17. The highest BCUT2D eigenvalue weighted by atomic mass is 32.2. The highest BCUT2D eigenvalue weighted by Gasteiger charge is 2.31. The van der Waals surface area contributed by atoms with Gasteiger partial charge in [0.15, 0.2) is 16.8 Å². The number of aromatic nitrogens is 5. The van der Waals surface area contributed by atoms with E-state index in [-0.39, 0.29) is 43.5 Å². The molecule has 28 heteroatoms. The van der Waals surface area contributed by atoms with Crippen LogP contribution in [0.15, 0.2) is 86.7 Å². The lowest BCUT2D eigenvalue weighted by Gasteiger charge is -2.28. The monoisotopic (exact) mass is 1120 g/mol. The number of hydrogen-bond donors (Lipinski definition) is 3. The topological polar surface area (TPSA) is 331 Å². The maximum absolute atomic E-state index is 13.0. The van der Waals surface area contributed by atoms with Gasteiger partial charge in [0, 0.05) is 11.1 Å². The number of nitrogens with one attached hydrogen (secondary N) is 1.